The minimum atomic E-state index is -0.528. The van der Waals surface area contributed by atoms with Gasteiger partial charge in [-0.25, -0.2) is 0 Å². The largest absolute Gasteiger partial charge is 0.332 e. The van der Waals surface area contributed by atoms with Crippen LogP contribution in [0.25, 0.3) is 0 Å². The number of ketones is 1. The highest BCUT2D eigenvalue weighted by Crippen LogP contribution is 2.30. The maximum Gasteiger partial charge on any atom is 0.312 e. The number of carbonyl (C=O) groups is 3. The number of amides is 2. The highest BCUT2D eigenvalue weighted by atomic mass is 16.2. The maximum absolute atomic E-state index is 11.9. The number of piperazine rings is 1. The zero-order chi connectivity index (χ0) is 12.6. The molecule has 2 rings (SSSR count). The summed E-state index contributed by atoms with van der Waals surface area (Å²) in [4.78, 5) is 38.0. The molecular weight excluding hydrogens is 220 g/mol. The van der Waals surface area contributed by atoms with Crippen LogP contribution in [0, 0.1) is 5.92 Å². The first kappa shape index (κ1) is 12.1. The molecule has 1 aliphatic carbocycles. The van der Waals surface area contributed by atoms with Crippen LogP contribution in [0.15, 0.2) is 0 Å². The molecule has 2 amide bonds. The third kappa shape index (κ3) is 2.48. The predicted octanol–water partition coefficient (Wildman–Crippen LogP) is 0.0447. The molecule has 5 nitrogen and oxygen atoms in total. The summed E-state index contributed by atoms with van der Waals surface area (Å²) in [7, 11) is 0. The third-order valence-corrected chi connectivity index (χ3v) is 3.57. The van der Waals surface area contributed by atoms with Gasteiger partial charge in [0.05, 0.1) is 6.04 Å². The predicted molar refractivity (Wildman–Crippen MR) is 61.2 cm³/mol. The molecule has 1 saturated carbocycles. The molecule has 0 N–H and O–H groups in total. The molecule has 0 aromatic rings. The van der Waals surface area contributed by atoms with E-state index in [1.54, 1.807) is 11.8 Å². The van der Waals surface area contributed by atoms with Gasteiger partial charge in [-0.05, 0) is 32.6 Å². The molecule has 1 aliphatic heterocycles. The lowest BCUT2D eigenvalue weighted by molar-refractivity contribution is -0.158. The Labute approximate surface area is 101 Å². The average molecular weight is 238 g/mol. The van der Waals surface area contributed by atoms with Crippen molar-refractivity contribution in [2.75, 3.05) is 19.6 Å². The fraction of sp³-hybridized carbons (Fsp3) is 0.750. The van der Waals surface area contributed by atoms with Crippen molar-refractivity contribution in [3.8, 4) is 0 Å². The molecule has 0 unspecified atom stereocenters. The first-order valence-electron chi connectivity index (χ1n) is 6.11. The Hall–Kier alpha value is -1.39. The van der Waals surface area contributed by atoms with E-state index >= 15 is 0 Å². The molecular formula is C12H18N2O3. The molecule has 1 atom stereocenters. The molecule has 5 heteroatoms. The topological polar surface area (TPSA) is 57.7 Å². The van der Waals surface area contributed by atoms with E-state index in [0.717, 1.165) is 12.8 Å². The normalized spacial score (nSPS) is 22.9. The van der Waals surface area contributed by atoms with Crippen LogP contribution in [-0.4, -0.2) is 53.1 Å². The maximum atomic E-state index is 11.9. The Morgan fingerprint density at radius 1 is 1.29 bits per heavy atom. The van der Waals surface area contributed by atoms with Gasteiger partial charge in [0, 0.05) is 19.6 Å². The van der Waals surface area contributed by atoms with Gasteiger partial charge in [-0.1, -0.05) is 0 Å². The summed E-state index contributed by atoms with van der Waals surface area (Å²) in [6.07, 6.45) is 2.32. The highest BCUT2D eigenvalue weighted by molar-refractivity contribution is 6.35. The van der Waals surface area contributed by atoms with Crippen molar-refractivity contribution in [2.24, 2.45) is 5.92 Å². The number of carbonyl (C=O) groups excluding carboxylic acids is 3. The Bertz CT molecular complexity index is 363. The van der Waals surface area contributed by atoms with Crippen molar-refractivity contribution in [3.05, 3.63) is 0 Å². The van der Waals surface area contributed by atoms with Gasteiger partial charge in [-0.2, -0.15) is 0 Å². The van der Waals surface area contributed by atoms with Gasteiger partial charge >= 0.3 is 11.8 Å². The van der Waals surface area contributed by atoms with Gasteiger partial charge in [0.1, 0.15) is 0 Å². The van der Waals surface area contributed by atoms with Crippen molar-refractivity contribution in [1.82, 2.24) is 9.80 Å². The van der Waals surface area contributed by atoms with Gasteiger partial charge in [0.15, 0.2) is 5.78 Å². The summed E-state index contributed by atoms with van der Waals surface area (Å²) < 4.78 is 0. The molecule has 1 heterocycles. The van der Waals surface area contributed by atoms with Crippen molar-refractivity contribution in [1.29, 1.82) is 0 Å². The Kier molecular flexibility index (Phi) is 3.17. The smallest absolute Gasteiger partial charge is 0.312 e. The molecule has 0 radical (unpaired) electrons. The first-order valence-corrected chi connectivity index (χ1v) is 6.11. The summed E-state index contributed by atoms with van der Waals surface area (Å²) >= 11 is 0. The molecule has 0 aromatic carbocycles. The highest BCUT2D eigenvalue weighted by Gasteiger charge is 2.38. The second-order valence-electron chi connectivity index (χ2n) is 4.98. The second kappa shape index (κ2) is 4.47. The van der Waals surface area contributed by atoms with Crippen molar-refractivity contribution < 1.29 is 14.4 Å². The number of Topliss-reactive ketones (excluding diaryl/α,β-unsaturated/α-hetero) is 1. The number of hydrogen-bond donors (Lipinski definition) is 0. The summed E-state index contributed by atoms with van der Waals surface area (Å²) in [5.41, 5.74) is 0. The fourth-order valence-electron chi connectivity index (χ4n) is 2.06. The lowest BCUT2D eigenvalue weighted by Crippen LogP contribution is -2.58. The summed E-state index contributed by atoms with van der Waals surface area (Å²) in [6, 6.07) is -0.491. The molecule has 17 heavy (non-hydrogen) atoms. The second-order valence-corrected chi connectivity index (χ2v) is 4.98. The van der Waals surface area contributed by atoms with E-state index in [-0.39, 0.29) is 5.78 Å². The molecule has 0 aromatic heterocycles. The minimum Gasteiger partial charge on any atom is -0.332 e. The van der Waals surface area contributed by atoms with Crippen LogP contribution in [0.1, 0.15) is 26.7 Å². The third-order valence-electron chi connectivity index (χ3n) is 3.57. The number of rotatable bonds is 4. The minimum absolute atomic E-state index is 0.0817. The van der Waals surface area contributed by atoms with Crippen LogP contribution in [0.5, 0.6) is 0 Å². The molecule has 2 fully saturated rings. The molecule has 0 spiro atoms. The van der Waals surface area contributed by atoms with Crippen molar-refractivity contribution in [3.63, 3.8) is 0 Å². The van der Waals surface area contributed by atoms with E-state index < -0.39 is 17.9 Å². The zero-order valence-corrected chi connectivity index (χ0v) is 10.3. The van der Waals surface area contributed by atoms with Crippen molar-refractivity contribution >= 4 is 17.6 Å². The molecule has 94 valence electrons. The number of nitrogens with zero attached hydrogens (tertiary/aromatic N) is 2. The van der Waals surface area contributed by atoms with E-state index in [4.69, 9.17) is 0 Å². The average Bonchev–Trinajstić information content (AvgIpc) is 3.08. The Morgan fingerprint density at radius 3 is 2.47 bits per heavy atom. The van der Waals surface area contributed by atoms with E-state index in [1.165, 1.54) is 11.8 Å². The quantitative estimate of drug-likeness (QED) is 0.650. The standard InChI is InChI=1S/C12H18N2O3/c1-8(9(2)15)14-6-5-13(7-10-3-4-10)11(16)12(14)17/h8,10H,3-7H2,1-2H3/t8-/m0/s1. The lowest BCUT2D eigenvalue weighted by Gasteiger charge is -2.36. The van der Waals surface area contributed by atoms with E-state index in [9.17, 15) is 14.4 Å². The molecule has 1 saturated heterocycles. The lowest BCUT2D eigenvalue weighted by atomic mass is 10.1. The van der Waals surface area contributed by atoms with Crippen LogP contribution < -0.4 is 0 Å². The zero-order valence-electron chi connectivity index (χ0n) is 10.3. The summed E-state index contributed by atoms with van der Waals surface area (Å²) in [5.74, 6) is -0.471. The van der Waals surface area contributed by atoms with E-state index in [0.29, 0.717) is 25.6 Å². The van der Waals surface area contributed by atoms with Crippen molar-refractivity contribution in [2.45, 2.75) is 32.7 Å². The first-order chi connectivity index (χ1) is 8.00. The summed E-state index contributed by atoms with van der Waals surface area (Å²) in [6.45, 7) is 4.84. The Balaban J connectivity index is 1.99. The van der Waals surface area contributed by atoms with Gasteiger partial charge in [-0.15, -0.1) is 0 Å². The van der Waals surface area contributed by atoms with Gasteiger partial charge in [0.25, 0.3) is 0 Å². The monoisotopic (exact) mass is 238 g/mol. The van der Waals surface area contributed by atoms with Gasteiger partial charge in [-0.3, -0.25) is 14.4 Å². The fourth-order valence-corrected chi connectivity index (χ4v) is 2.06. The number of hydrogen-bond acceptors (Lipinski definition) is 3. The van der Waals surface area contributed by atoms with E-state index in [1.807, 2.05) is 0 Å². The SMILES string of the molecule is CC(=O)[C@H](C)N1CCN(CC2CC2)C(=O)C1=O. The summed E-state index contributed by atoms with van der Waals surface area (Å²) in [5, 5.41) is 0. The van der Waals surface area contributed by atoms with Crippen LogP contribution in [0.3, 0.4) is 0 Å². The van der Waals surface area contributed by atoms with Crippen LogP contribution in [-0.2, 0) is 14.4 Å². The molecule has 0 bridgehead atoms. The van der Waals surface area contributed by atoms with Crippen LogP contribution in [0.4, 0.5) is 0 Å². The van der Waals surface area contributed by atoms with Gasteiger partial charge in [0.2, 0.25) is 0 Å². The molecule has 2 aliphatic rings. The van der Waals surface area contributed by atoms with Crippen LogP contribution in [0.2, 0.25) is 0 Å². The van der Waals surface area contributed by atoms with E-state index in [2.05, 4.69) is 0 Å². The Morgan fingerprint density at radius 2 is 1.94 bits per heavy atom. The van der Waals surface area contributed by atoms with Gasteiger partial charge < -0.3 is 9.80 Å². The van der Waals surface area contributed by atoms with Crippen LogP contribution >= 0.6 is 0 Å².